The number of carbonyl (C=O) groups excluding carboxylic acids is 1. The minimum absolute atomic E-state index is 0.0515. The Morgan fingerprint density at radius 3 is 2.94 bits per heavy atom. The Balaban J connectivity index is 2.58. The van der Waals surface area contributed by atoms with Gasteiger partial charge in [0, 0.05) is 12.8 Å². The molecule has 0 aromatic heterocycles. The molecule has 4 heteroatoms. The van der Waals surface area contributed by atoms with Crippen LogP contribution in [0.1, 0.15) is 26.7 Å². The van der Waals surface area contributed by atoms with Crippen molar-refractivity contribution in [3.8, 4) is 0 Å². The first-order chi connectivity index (χ1) is 7.69. The highest BCUT2D eigenvalue weighted by molar-refractivity contribution is 5.70. The minimum Gasteiger partial charge on any atom is -0.446 e. The van der Waals surface area contributed by atoms with Gasteiger partial charge in [0.05, 0.1) is 6.04 Å². The second-order valence-electron chi connectivity index (χ2n) is 3.82. The van der Waals surface area contributed by atoms with E-state index < -0.39 is 0 Å². The second-order valence-corrected chi connectivity index (χ2v) is 3.82. The topological polar surface area (TPSA) is 49.8 Å². The van der Waals surface area contributed by atoms with E-state index in [-0.39, 0.29) is 24.8 Å². The molecule has 1 N–H and O–H groups in total. The fraction of sp³-hybridized carbons (Fsp3) is 0.583. The molecule has 2 atom stereocenters. The SMILES string of the molecule is CCC(C)OC(=O)N1C=CC=CC1CCO. The van der Waals surface area contributed by atoms with Crippen molar-refractivity contribution < 1.29 is 14.6 Å². The van der Waals surface area contributed by atoms with E-state index in [9.17, 15) is 4.79 Å². The molecule has 0 radical (unpaired) electrons. The highest BCUT2D eigenvalue weighted by Gasteiger charge is 2.23. The summed E-state index contributed by atoms with van der Waals surface area (Å²) in [6, 6.07) is -0.105. The zero-order valence-corrected chi connectivity index (χ0v) is 9.80. The monoisotopic (exact) mass is 225 g/mol. The standard InChI is InChI=1S/C12H19NO3/c1-3-10(2)16-12(15)13-8-5-4-6-11(13)7-9-14/h4-6,8,10-11,14H,3,7,9H2,1-2H3. The molecular weight excluding hydrogens is 206 g/mol. The van der Waals surface area contributed by atoms with Crippen molar-refractivity contribution in [2.75, 3.05) is 6.61 Å². The Hall–Kier alpha value is -1.29. The number of aliphatic hydroxyl groups excluding tert-OH is 1. The lowest BCUT2D eigenvalue weighted by Gasteiger charge is -2.28. The van der Waals surface area contributed by atoms with Crippen LogP contribution in [0.25, 0.3) is 0 Å². The van der Waals surface area contributed by atoms with Crippen LogP contribution in [-0.4, -0.2) is 34.9 Å². The maximum absolute atomic E-state index is 11.8. The molecule has 1 rings (SSSR count). The third-order valence-corrected chi connectivity index (χ3v) is 2.56. The number of rotatable bonds is 4. The van der Waals surface area contributed by atoms with Gasteiger partial charge in [-0.05, 0) is 25.8 Å². The first-order valence-corrected chi connectivity index (χ1v) is 5.63. The molecule has 0 aromatic rings. The summed E-state index contributed by atoms with van der Waals surface area (Å²) in [5, 5.41) is 8.91. The maximum Gasteiger partial charge on any atom is 0.414 e. The second kappa shape index (κ2) is 6.33. The minimum atomic E-state index is -0.353. The van der Waals surface area contributed by atoms with E-state index in [0.717, 1.165) is 6.42 Å². The van der Waals surface area contributed by atoms with E-state index in [1.54, 1.807) is 12.3 Å². The fourth-order valence-corrected chi connectivity index (χ4v) is 1.42. The van der Waals surface area contributed by atoms with Crippen LogP contribution in [0.4, 0.5) is 4.79 Å². The molecule has 0 saturated heterocycles. The van der Waals surface area contributed by atoms with Gasteiger partial charge in [0.1, 0.15) is 6.10 Å². The number of aliphatic hydroxyl groups is 1. The van der Waals surface area contributed by atoms with Crippen LogP contribution in [-0.2, 0) is 4.74 Å². The third kappa shape index (κ3) is 3.38. The molecule has 1 amide bonds. The van der Waals surface area contributed by atoms with Crippen molar-refractivity contribution in [3.05, 3.63) is 24.4 Å². The molecule has 0 spiro atoms. The van der Waals surface area contributed by atoms with E-state index in [1.807, 2.05) is 26.0 Å². The molecule has 0 saturated carbocycles. The Kier molecular flexibility index (Phi) is 5.05. The molecule has 0 aromatic carbocycles. The van der Waals surface area contributed by atoms with Gasteiger partial charge in [-0.2, -0.15) is 0 Å². The lowest BCUT2D eigenvalue weighted by molar-refractivity contribution is 0.0718. The van der Waals surface area contributed by atoms with Crippen molar-refractivity contribution in [1.82, 2.24) is 4.90 Å². The Labute approximate surface area is 96.2 Å². The van der Waals surface area contributed by atoms with Gasteiger partial charge in [0.25, 0.3) is 0 Å². The first-order valence-electron chi connectivity index (χ1n) is 5.63. The quantitative estimate of drug-likeness (QED) is 0.796. The van der Waals surface area contributed by atoms with E-state index in [4.69, 9.17) is 9.84 Å². The number of nitrogens with zero attached hydrogens (tertiary/aromatic N) is 1. The van der Waals surface area contributed by atoms with Crippen LogP contribution in [0.5, 0.6) is 0 Å². The summed E-state index contributed by atoms with van der Waals surface area (Å²) < 4.78 is 5.24. The summed E-state index contributed by atoms with van der Waals surface area (Å²) >= 11 is 0. The van der Waals surface area contributed by atoms with Gasteiger partial charge in [0.15, 0.2) is 0 Å². The van der Waals surface area contributed by atoms with E-state index in [2.05, 4.69) is 0 Å². The van der Waals surface area contributed by atoms with Crippen molar-refractivity contribution in [2.24, 2.45) is 0 Å². The Morgan fingerprint density at radius 1 is 1.56 bits per heavy atom. The zero-order chi connectivity index (χ0) is 12.0. The molecule has 90 valence electrons. The van der Waals surface area contributed by atoms with Crippen LogP contribution in [0.3, 0.4) is 0 Å². The van der Waals surface area contributed by atoms with Gasteiger partial charge >= 0.3 is 6.09 Å². The van der Waals surface area contributed by atoms with Crippen molar-refractivity contribution >= 4 is 6.09 Å². The smallest absolute Gasteiger partial charge is 0.414 e. The maximum atomic E-state index is 11.8. The number of amides is 1. The summed E-state index contributed by atoms with van der Waals surface area (Å²) in [5.74, 6) is 0. The van der Waals surface area contributed by atoms with Crippen LogP contribution in [0.15, 0.2) is 24.4 Å². The van der Waals surface area contributed by atoms with Crippen LogP contribution < -0.4 is 0 Å². The Bertz CT molecular complexity index is 286. The summed E-state index contributed by atoms with van der Waals surface area (Å²) in [6.07, 6.45) is 8.10. The van der Waals surface area contributed by atoms with E-state index >= 15 is 0 Å². The number of hydrogen-bond acceptors (Lipinski definition) is 3. The van der Waals surface area contributed by atoms with E-state index in [0.29, 0.717) is 6.42 Å². The lowest BCUT2D eigenvalue weighted by atomic mass is 10.1. The van der Waals surface area contributed by atoms with Crippen LogP contribution in [0, 0.1) is 0 Å². The summed E-state index contributed by atoms with van der Waals surface area (Å²) in [6.45, 7) is 3.88. The first kappa shape index (κ1) is 12.8. The van der Waals surface area contributed by atoms with Crippen molar-refractivity contribution in [3.63, 3.8) is 0 Å². The molecule has 16 heavy (non-hydrogen) atoms. The van der Waals surface area contributed by atoms with Crippen molar-refractivity contribution in [1.29, 1.82) is 0 Å². The number of hydrogen-bond donors (Lipinski definition) is 1. The zero-order valence-electron chi connectivity index (χ0n) is 9.80. The van der Waals surface area contributed by atoms with Gasteiger partial charge in [0.2, 0.25) is 0 Å². The molecule has 0 bridgehead atoms. The summed E-state index contributed by atoms with van der Waals surface area (Å²) in [7, 11) is 0. The molecular formula is C12H19NO3. The molecule has 4 nitrogen and oxygen atoms in total. The van der Waals surface area contributed by atoms with Gasteiger partial charge in [-0.3, -0.25) is 4.90 Å². The largest absolute Gasteiger partial charge is 0.446 e. The van der Waals surface area contributed by atoms with Gasteiger partial charge in [-0.1, -0.05) is 19.1 Å². The highest BCUT2D eigenvalue weighted by Crippen LogP contribution is 2.14. The third-order valence-electron chi connectivity index (χ3n) is 2.56. The van der Waals surface area contributed by atoms with Crippen LogP contribution >= 0.6 is 0 Å². The predicted molar refractivity (Wildman–Crippen MR) is 61.8 cm³/mol. The highest BCUT2D eigenvalue weighted by atomic mass is 16.6. The average Bonchev–Trinajstić information content (AvgIpc) is 2.30. The average molecular weight is 225 g/mol. The molecule has 0 aliphatic carbocycles. The predicted octanol–water partition coefficient (Wildman–Crippen LogP) is 2.06. The lowest BCUT2D eigenvalue weighted by Crippen LogP contribution is -2.38. The number of allylic oxidation sites excluding steroid dienone is 2. The van der Waals surface area contributed by atoms with Gasteiger partial charge < -0.3 is 9.84 Å². The fourth-order valence-electron chi connectivity index (χ4n) is 1.42. The Morgan fingerprint density at radius 2 is 2.31 bits per heavy atom. The molecule has 1 aliphatic heterocycles. The normalized spacial score (nSPS) is 20.9. The molecule has 1 aliphatic rings. The molecule has 2 unspecified atom stereocenters. The van der Waals surface area contributed by atoms with Gasteiger partial charge in [-0.15, -0.1) is 0 Å². The summed E-state index contributed by atoms with van der Waals surface area (Å²) in [4.78, 5) is 13.3. The van der Waals surface area contributed by atoms with Crippen molar-refractivity contribution in [2.45, 2.75) is 38.8 Å². The summed E-state index contributed by atoms with van der Waals surface area (Å²) in [5.41, 5.74) is 0. The van der Waals surface area contributed by atoms with Gasteiger partial charge in [-0.25, -0.2) is 4.79 Å². The molecule has 1 heterocycles. The van der Waals surface area contributed by atoms with E-state index in [1.165, 1.54) is 4.90 Å². The van der Waals surface area contributed by atoms with Crippen LogP contribution in [0.2, 0.25) is 0 Å². The number of ether oxygens (including phenoxy) is 1. The number of carbonyl (C=O) groups is 1. The molecule has 0 fully saturated rings.